The van der Waals surface area contributed by atoms with Crippen LogP contribution >= 0.6 is 0 Å². The zero-order valence-electron chi connectivity index (χ0n) is 12.5. The summed E-state index contributed by atoms with van der Waals surface area (Å²) < 4.78 is 5.61. The monoisotopic (exact) mass is 288 g/mol. The first-order valence-electron chi connectivity index (χ1n) is 8.02. The minimum Gasteiger partial charge on any atom is -0.378 e. The number of hydrogen-bond donors (Lipinski definition) is 1. The Kier molecular flexibility index (Phi) is 4.56. The molecule has 2 aliphatic rings. The smallest absolute Gasteiger partial charge is 0.227 e. The lowest BCUT2D eigenvalue weighted by Gasteiger charge is -2.24. The summed E-state index contributed by atoms with van der Waals surface area (Å²) in [6, 6.07) is 8.09. The zero-order valence-corrected chi connectivity index (χ0v) is 12.5. The van der Waals surface area contributed by atoms with Crippen LogP contribution in [0.15, 0.2) is 24.3 Å². The number of fused-ring (bicyclic) bond motifs is 1. The lowest BCUT2D eigenvalue weighted by molar-refractivity contribution is -0.119. The number of carbonyl (C=O) groups excluding carboxylic acids is 1. The van der Waals surface area contributed by atoms with Crippen molar-refractivity contribution in [1.29, 1.82) is 0 Å². The molecule has 3 rings (SSSR count). The molecule has 1 amide bonds. The highest BCUT2D eigenvalue weighted by Crippen LogP contribution is 2.32. The van der Waals surface area contributed by atoms with Gasteiger partial charge >= 0.3 is 0 Å². The van der Waals surface area contributed by atoms with E-state index in [1.54, 1.807) is 0 Å². The third kappa shape index (κ3) is 3.27. The highest BCUT2D eigenvalue weighted by atomic mass is 16.5. The Balaban J connectivity index is 1.71. The van der Waals surface area contributed by atoms with Crippen LogP contribution in [-0.4, -0.2) is 25.2 Å². The first-order chi connectivity index (χ1) is 10.3. The number of anilines is 1. The van der Waals surface area contributed by atoms with Crippen LogP contribution in [0.2, 0.25) is 0 Å². The average molecular weight is 288 g/mol. The second-order valence-electron chi connectivity index (χ2n) is 6.03. The molecular formula is C17H24N2O2. The van der Waals surface area contributed by atoms with Crippen LogP contribution in [0.5, 0.6) is 0 Å². The molecule has 0 spiro atoms. The number of nitrogens with two attached hydrogens (primary N) is 1. The molecule has 0 aliphatic carbocycles. The van der Waals surface area contributed by atoms with E-state index in [0.717, 1.165) is 56.5 Å². The Morgan fingerprint density at radius 2 is 2.14 bits per heavy atom. The maximum atomic E-state index is 12.6. The number of amides is 1. The Bertz CT molecular complexity index is 497. The van der Waals surface area contributed by atoms with E-state index in [-0.39, 0.29) is 18.1 Å². The lowest BCUT2D eigenvalue weighted by Crippen LogP contribution is -2.32. The fraction of sp³-hybridized carbons (Fsp3) is 0.588. The molecule has 0 aromatic heterocycles. The Labute approximate surface area is 126 Å². The van der Waals surface area contributed by atoms with Crippen LogP contribution in [-0.2, 0) is 9.53 Å². The van der Waals surface area contributed by atoms with Crippen LogP contribution < -0.4 is 10.6 Å². The summed E-state index contributed by atoms with van der Waals surface area (Å²) in [5, 5.41) is 0. The van der Waals surface area contributed by atoms with Crippen molar-refractivity contribution in [3.8, 4) is 0 Å². The molecule has 0 saturated carbocycles. The van der Waals surface area contributed by atoms with E-state index in [2.05, 4.69) is 0 Å². The summed E-state index contributed by atoms with van der Waals surface area (Å²) in [6.07, 6.45) is 5.79. The van der Waals surface area contributed by atoms with Crippen molar-refractivity contribution in [2.24, 2.45) is 5.73 Å². The van der Waals surface area contributed by atoms with Gasteiger partial charge in [-0.05, 0) is 43.7 Å². The molecule has 1 fully saturated rings. The van der Waals surface area contributed by atoms with E-state index in [0.29, 0.717) is 6.42 Å². The molecule has 2 heterocycles. The molecule has 1 aromatic carbocycles. The minimum atomic E-state index is 0.0390. The molecule has 2 aliphatic heterocycles. The maximum absolute atomic E-state index is 12.6. The number of ether oxygens (including phenoxy) is 1. The van der Waals surface area contributed by atoms with Gasteiger partial charge in [0.05, 0.1) is 6.10 Å². The maximum Gasteiger partial charge on any atom is 0.227 e. The number of rotatable bonds is 3. The summed E-state index contributed by atoms with van der Waals surface area (Å²) in [7, 11) is 0. The molecule has 1 saturated heterocycles. The third-order valence-corrected chi connectivity index (χ3v) is 4.53. The van der Waals surface area contributed by atoms with Crippen molar-refractivity contribution in [3.63, 3.8) is 0 Å². The zero-order chi connectivity index (χ0) is 14.7. The fourth-order valence-electron chi connectivity index (χ4n) is 3.34. The van der Waals surface area contributed by atoms with Gasteiger partial charge in [-0.25, -0.2) is 0 Å². The van der Waals surface area contributed by atoms with Crippen molar-refractivity contribution in [2.45, 2.75) is 50.7 Å². The number of hydrogen-bond acceptors (Lipinski definition) is 3. The van der Waals surface area contributed by atoms with E-state index < -0.39 is 0 Å². The fourth-order valence-corrected chi connectivity index (χ4v) is 3.34. The minimum absolute atomic E-state index is 0.0390. The highest BCUT2D eigenvalue weighted by molar-refractivity contribution is 5.94. The van der Waals surface area contributed by atoms with Crippen LogP contribution in [0, 0.1) is 0 Å². The number of carbonyl (C=O) groups is 1. The summed E-state index contributed by atoms with van der Waals surface area (Å²) in [6.45, 7) is 1.62. The van der Waals surface area contributed by atoms with Gasteiger partial charge in [0, 0.05) is 31.3 Å². The van der Waals surface area contributed by atoms with Gasteiger partial charge in [0.25, 0.3) is 0 Å². The van der Waals surface area contributed by atoms with Crippen molar-refractivity contribution < 1.29 is 9.53 Å². The van der Waals surface area contributed by atoms with Crippen molar-refractivity contribution in [1.82, 2.24) is 0 Å². The Morgan fingerprint density at radius 3 is 2.95 bits per heavy atom. The normalized spacial score (nSPS) is 25.5. The van der Waals surface area contributed by atoms with Gasteiger partial charge in [-0.1, -0.05) is 18.2 Å². The van der Waals surface area contributed by atoms with Crippen molar-refractivity contribution >= 4 is 11.6 Å². The predicted molar refractivity (Wildman–Crippen MR) is 83.2 cm³/mol. The molecule has 4 nitrogen and oxygen atoms in total. The van der Waals surface area contributed by atoms with Crippen LogP contribution in [0.25, 0.3) is 0 Å². The molecule has 1 aromatic rings. The summed E-state index contributed by atoms with van der Waals surface area (Å²) in [5.41, 5.74) is 8.32. The average Bonchev–Trinajstić information content (AvgIpc) is 2.96. The number of benzene rings is 1. The summed E-state index contributed by atoms with van der Waals surface area (Å²) in [5.74, 6) is 0.201. The SMILES string of the molecule is NC1CCCN(C(=O)CCC2CCCO2)c2ccccc21. The van der Waals surface area contributed by atoms with Crippen molar-refractivity contribution in [2.75, 3.05) is 18.1 Å². The summed E-state index contributed by atoms with van der Waals surface area (Å²) in [4.78, 5) is 14.5. The van der Waals surface area contributed by atoms with E-state index in [1.807, 2.05) is 29.2 Å². The van der Waals surface area contributed by atoms with E-state index in [1.165, 1.54) is 0 Å². The molecule has 2 N–H and O–H groups in total. The van der Waals surface area contributed by atoms with E-state index >= 15 is 0 Å². The van der Waals surface area contributed by atoms with Crippen molar-refractivity contribution in [3.05, 3.63) is 29.8 Å². The number of nitrogens with zero attached hydrogens (tertiary/aromatic N) is 1. The van der Waals surface area contributed by atoms with Crippen LogP contribution in [0.1, 0.15) is 50.1 Å². The second kappa shape index (κ2) is 6.58. The topological polar surface area (TPSA) is 55.6 Å². The Hall–Kier alpha value is -1.39. The third-order valence-electron chi connectivity index (χ3n) is 4.53. The summed E-state index contributed by atoms with van der Waals surface area (Å²) >= 11 is 0. The van der Waals surface area contributed by atoms with Gasteiger partial charge in [-0.15, -0.1) is 0 Å². The molecule has 2 unspecified atom stereocenters. The highest BCUT2D eigenvalue weighted by Gasteiger charge is 2.25. The van der Waals surface area contributed by atoms with Gasteiger partial charge in [-0.2, -0.15) is 0 Å². The molecule has 0 bridgehead atoms. The molecule has 2 atom stereocenters. The van der Waals surface area contributed by atoms with Gasteiger partial charge in [-0.3, -0.25) is 4.79 Å². The van der Waals surface area contributed by atoms with Gasteiger partial charge in [0.15, 0.2) is 0 Å². The van der Waals surface area contributed by atoms with Crippen LogP contribution in [0.4, 0.5) is 5.69 Å². The standard InChI is InChI=1S/C17H24N2O2/c18-15-7-3-11-19(16-8-2-1-6-14(15)16)17(20)10-9-13-5-4-12-21-13/h1-2,6,8,13,15H,3-5,7,9-12,18H2. The molecule has 4 heteroatoms. The second-order valence-corrected chi connectivity index (χ2v) is 6.03. The Morgan fingerprint density at radius 1 is 1.29 bits per heavy atom. The first kappa shape index (κ1) is 14.5. The van der Waals surface area contributed by atoms with Gasteiger partial charge < -0.3 is 15.4 Å². The van der Waals surface area contributed by atoms with Crippen LogP contribution in [0.3, 0.4) is 0 Å². The lowest BCUT2D eigenvalue weighted by atomic mass is 10.0. The van der Waals surface area contributed by atoms with E-state index in [4.69, 9.17) is 10.5 Å². The molecule has 114 valence electrons. The van der Waals surface area contributed by atoms with Gasteiger partial charge in [0.1, 0.15) is 0 Å². The largest absolute Gasteiger partial charge is 0.378 e. The molecule has 0 radical (unpaired) electrons. The predicted octanol–water partition coefficient (Wildman–Crippen LogP) is 2.77. The number of para-hydroxylation sites is 1. The molecular weight excluding hydrogens is 264 g/mol. The quantitative estimate of drug-likeness (QED) is 0.930. The van der Waals surface area contributed by atoms with E-state index in [9.17, 15) is 4.79 Å². The molecule has 21 heavy (non-hydrogen) atoms. The van der Waals surface area contributed by atoms with Gasteiger partial charge in [0.2, 0.25) is 5.91 Å². The first-order valence-corrected chi connectivity index (χ1v) is 8.02.